The van der Waals surface area contributed by atoms with Crippen LogP contribution in [0.4, 0.5) is 0 Å². The minimum Gasteiger partial charge on any atom is -0.807 e. The van der Waals surface area contributed by atoms with E-state index in [1.807, 2.05) is 45.0 Å². The molecule has 3 aromatic rings. The quantitative estimate of drug-likeness (QED) is 0.620. The molecular formula is C24H25O3P-2. The van der Waals surface area contributed by atoms with Crippen molar-refractivity contribution in [2.24, 2.45) is 0 Å². The van der Waals surface area contributed by atoms with E-state index in [4.69, 9.17) is 0 Å². The lowest BCUT2D eigenvalue weighted by Crippen LogP contribution is -2.27. The Morgan fingerprint density at radius 1 is 0.643 bits per heavy atom. The highest BCUT2D eigenvalue weighted by atomic mass is 31.2. The highest BCUT2D eigenvalue weighted by Crippen LogP contribution is 2.42. The summed E-state index contributed by atoms with van der Waals surface area (Å²) in [5, 5.41) is -0.116. The Labute approximate surface area is 167 Å². The second kappa shape index (κ2) is 7.33. The van der Waals surface area contributed by atoms with Gasteiger partial charge in [0.25, 0.3) is 0 Å². The summed E-state index contributed by atoms with van der Waals surface area (Å²) in [5.41, 5.74) is 9.67. The zero-order valence-electron chi connectivity index (χ0n) is 17.2. The average molecular weight is 392 g/mol. The van der Waals surface area contributed by atoms with E-state index in [1.165, 1.54) is 5.56 Å². The van der Waals surface area contributed by atoms with Crippen molar-refractivity contribution in [3.8, 4) is 22.3 Å². The minimum absolute atomic E-state index is 0.116. The molecule has 0 bridgehead atoms. The maximum atomic E-state index is 12.0. The lowest BCUT2D eigenvalue weighted by Gasteiger charge is -2.34. The van der Waals surface area contributed by atoms with Gasteiger partial charge in [-0.05, 0) is 116 Å². The number of aryl methyl sites for hydroxylation is 2. The summed E-state index contributed by atoms with van der Waals surface area (Å²) in [6.07, 6.45) is 0. The second-order valence-electron chi connectivity index (χ2n) is 7.56. The number of rotatable bonds is 3. The molecule has 0 aliphatic carbocycles. The summed E-state index contributed by atoms with van der Waals surface area (Å²) in [6.45, 7) is 11.8. The molecule has 0 spiro atoms. The summed E-state index contributed by atoms with van der Waals surface area (Å²) in [5.74, 6) is 0. The first-order valence-corrected chi connectivity index (χ1v) is 10.9. The predicted octanol–water partition coefficient (Wildman–Crippen LogP) is 4.41. The Hall–Kier alpha value is -2.19. The zero-order chi connectivity index (χ0) is 20.8. The molecule has 0 radical (unpaired) electrons. The molecule has 0 saturated heterocycles. The molecule has 146 valence electrons. The molecule has 3 aromatic carbocycles. The number of hydrogen-bond donors (Lipinski definition) is 0. The molecule has 28 heavy (non-hydrogen) atoms. The summed E-state index contributed by atoms with van der Waals surface area (Å²) < 4.78 is 12.0. The fraction of sp³-hybridized carbons (Fsp3) is 0.250. The van der Waals surface area contributed by atoms with Crippen molar-refractivity contribution in [2.45, 2.75) is 41.5 Å². The molecule has 0 atom stereocenters. The molecule has 0 fully saturated rings. The van der Waals surface area contributed by atoms with Gasteiger partial charge in [-0.25, -0.2) is 0 Å². The van der Waals surface area contributed by atoms with Crippen LogP contribution < -0.4 is 15.1 Å². The first-order valence-electron chi connectivity index (χ1n) is 9.34. The molecule has 3 nitrogen and oxygen atoms in total. The normalized spacial score (nSPS) is 11.7. The van der Waals surface area contributed by atoms with E-state index in [2.05, 4.69) is 26.0 Å². The van der Waals surface area contributed by atoms with Crippen molar-refractivity contribution in [2.75, 3.05) is 0 Å². The van der Waals surface area contributed by atoms with E-state index in [9.17, 15) is 14.4 Å². The summed E-state index contributed by atoms with van der Waals surface area (Å²) in [4.78, 5) is 24.0. The molecular weight excluding hydrogens is 367 g/mol. The van der Waals surface area contributed by atoms with Crippen LogP contribution >= 0.6 is 7.60 Å². The lowest BCUT2D eigenvalue weighted by atomic mass is 9.84. The van der Waals surface area contributed by atoms with Crippen LogP contribution in [-0.2, 0) is 4.57 Å². The van der Waals surface area contributed by atoms with Crippen molar-refractivity contribution >= 4 is 12.9 Å². The summed E-state index contributed by atoms with van der Waals surface area (Å²) in [7, 11) is -4.89. The average Bonchev–Trinajstić information content (AvgIpc) is 2.61. The standard InChI is InChI=1S/C24H27O3P/c1-14-9-7-11-20(16(14)3)22-13-23(28(25,26)27)18(5)19(6)24(22)21-12-8-10-15(2)17(21)4/h7-13H,1-6H3,(H2,25,26,27)/p-2. The van der Waals surface area contributed by atoms with Crippen LogP contribution in [-0.4, -0.2) is 0 Å². The van der Waals surface area contributed by atoms with Gasteiger partial charge < -0.3 is 14.4 Å². The van der Waals surface area contributed by atoms with Crippen molar-refractivity contribution < 1.29 is 14.4 Å². The SMILES string of the molecule is Cc1cccc(-c2cc(P(=O)([O-])[O-])c(C)c(C)c2-c2cccc(C)c2C)c1C. The largest absolute Gasteiger partial charge is 0.807 e. The van der Waals surface area contributed by atoms with Crippen molar-refractivity contribution in [1.82, 2.24) is 0 Å². The molecule has 0 N–H and O–H groups in total. The number of benzene rings is 3. The van der Waals surface area contributed by atoms with Crippen molar-refractivity contribution in [1.29, 1.82) is 0 Å². The van der Waals surface area contributed by atoms with Gasteiger partial charge in [0.2, 0.25) is 0 Å². The van der Waals surface area contributed by atoms with Gasteiger partial charge in [0.1, 0.15) is 0 Å². The van der Waals surface area contributed by atoms with Gasteiger partial charge >= 0.3 is 0 Å². The molecule has 0 amide bonds. The monoisotopic (exact) mass is 392 g/mol. The molecule has 3 rings (SSSR count). The third-order valence-electron chi connectivity index (χ3n) is 5.94. The van der Waals surface area contributed by atoms with E-state index in [0.717, 1.165) is 44.5 Å². The van der Waals surface area contributed by atoms with Gasteiger partial charge in [-0.2, -0.15) is 0 Å². The Kier molecular flexibility index (Phi) is 5.38. The van der Waals surface area contributed by atoms with Crippen LogP contribution in [0.3, 0.4) is 0 Å². The Balaban J connectivity index is 2.52. The Bertz CT molecular complexity index is 1120. The van der Waals surface area contributed by atoms with Crippen LogP contribution in [0.1, 0.15) is 33.4 Å². The fourth-order valence-corrected chi connectivity index (χ4v) is 4.67. The van der Waals surface area contributed by atoms with Crippen molar-refractivity contribution in [3.05, 3.63) is 75.8 Å². The van der Waals surface area contributed by atoms with E-state index in [0.29, 0.717) is 5.56 Å². The van der Waals surface area contributed by atoms with E-state index in [1.54, 1.807) is 13.0 Å². The van der Waals surface area contributed by atoms with Gasteiger partial charge in [-0.15, -0.1) is 0 Å². The molecule has 0 aliphatic heterocycles. The minimum atomic E-state index is -4.89. The summed E-state index contributed by atoms with van der Waals surface area (Å²) in [6, 6.07) is 13.7. The van der Waals surface area contributed by atoms with E-state index < -0.39 is 7.60 Å². The predicted molar refractivity (Wildman–Crippen MR) is 113 cm³/mol. The third kappa shape index (κ3) is 3.46. The van der Waals surface area contributed by atoms with Gasteiger partial charge in [0.15, 0.2) is 0 Å². The first kappa shape index (κ1) is 20.5. The molecule has 0 unspecified atom stereocenters. The van der Waals surface area contributed by atoms with Crippen LogP contribution in [0.2, 0.25) is 0 Å². The fourth-order valence-electron chi connectivity index (χ4n) is 3.81. The number of hydrogen-bond acceptors (Lipinski definition) is 3. The van der Waals surface area contributed by atoms with Crippen LogP contribution in [0, 0.1) is 41.5 Å². The highest BCUT2D eigenvalue weighted by Gasteiger charge is 2.20. The first-order chi connectivity index (χ1) is 13.0. The maximum Gasteiger partial charge on any atom is -0.00701 e. The van der Waals surface area contributed by atoms with Gasteiger partial charge in [0.05, 0.1) is 0 Å². The second-order valence-corrected chi connectivity index (χ2v) is 9.04. The van der Waals surface area contributed by atoms with Gasteiger partial charge in [-0.1, -0.05) is 36.4 Å². The third-order valence-corrected chi connectivity index (χ3v) is 6.99. The van der Waals surface area contributed by atoms with E-state index in [-0.39, 0.29) is 5.30 Å². The van der Waals surface area contributed by atoms with Crippen LogP contribution in [0.15, 0.2) is 42.5 Å². The molecule has 0 saturated carbocycles. The Morgan fingerprint density at radius 3 is 1.68 bits per heavy atom. The Morgan fingerprint density at radius 2 is 1.14 bits per heavy atom. The topological polar surface area (TPSA) is 63.2 Å². The van der Waals surface area contributed by atoms with Crippen LogP contribution in [0.5, 0.6) is 0 Å². The molecule has 0 heterocycles. The van der Waals surface area contributed by atoms with Gasteiger partial charge in [-0.3, -0.25) is 0 Å². The molecule has 0 aromatic heterocycles. The molecule has 4 heteroatoms. The van der Waals surface area contributed by atoms with Crippen LogP contribution in [0.25, 0.3) is 22.3 Å². The highest BCUT2D eigenvalue weighted by molar-refractivity contribution is 7.57. The zero-order valence-corrected chi connectivity index (χ0v) is 18.1. The lowest BCUT2D eigenvalue weighted by molar-refractivity contribution is -0.307. The molecule has 0 aliphatic rings. The smallest absolute Gasteiger partial charge is 0.00701 e. The summed E-state index contributed by atoms with van der Waals surface area (Å²) >= 11 is 0. The van der Waals surface area contributed by atoms with Crippen molar-refractivity contribution in [3.63, 3.8) is 0 Å². The van der Waals surface area contributed by atoms with E-state index >= 15 is 0 Å². The maximum absolute atomic E-state index is 12.0. The van der Waals surface area contributed by atoms with Gasteiger partial charge in [0, 0.05) is 0 Å².